The Hall–Kier alpha value is -3.46. The number of carbonyl (C=O) groups is 3. The van der Waals surface area contributed by atoms with Gasteiger partial charge >= 0.3 is 0 Å². The molecule has 0 aliphatic carbocycles. The van der Waals surface area contributed by atoms with Crippen LogP contribution in [0, 0.1) is 0 Å². The van der Waals surface area contributed by atoms with Crippen molar-refractivity contribution in [1.82, 2.24) is 5.32 Å². The quantitative estimate of drug-likeness (QED) is 0.116. The minimum absolute atomic E-state index is 0.0414. The SMILES string of the molecule is CCC(Sc1cccc(NC(=O)/C(=C\c2cccc(Cl)c2Cl)NC(=O)c2ccccc2)c1)C(=O)Nc1cc(Cl)ccc1Cl. The number of halogens is 4. The van der Waals surface area contributed by atoms with E-state index >= 15 is 0 Å². The van der Waals surface area contributed by atoms with Gasteiger partial charge in [-0.2, -0.15) is 0 Å². The minimum Gasteiger partial charge on any atom is -0.324 e. The molecule has 0 saturated heterocycles. The first-order valence-corrected chi connectivity index (χ1v) is 15.4. The molecule has 11 heteroatoms. The maximum Gasteiger partial charge on any atom is 0.272 e. The lowest BCUT2D eigenvalue weighted by atomic mass is 10.1. The van der Waals surface area contributed by atoms with Gasteiger partial charge in [0.25, 0.3) is 11.8 Å². The van der Waals surface area contributed by atoms with E-state index in [4.69, 9.17) is 46.4 Å². The summed E-state index contributed by atoms with van der Waals surface area (Å²) in [5.41, 5.74) is 1.67. The van der Waals surface area contributed by atoms with Crippen LogP contribution in [-0.2, 0) is 9.59 Å². The maximum absolute atomic E-state index is 13.5. The first kappa shape index (κ1) is 32.5. The van der Waals surface area contributed by atoms with Crippen LogP contribution in [0.3, 0.4) is 0 Å². The van der Waals surface area contributed by atoms with Gasteiger partial charge in [0.15, 0.2) is 0 Å². The van der Waals surface area contributed by atoms with Crippen molar-refractivity contribution >= 4 is 93.3 Å². The van der Waals surface area contributed by atoms with Crippen LogP contribution >= 0.6 is 58.2 Å². The molecule has 0 spiro atoms. The molecule has 1 unspecified atom stereocenters. The third-order valence-corrected chi connectivity index (χ3v) is 8.79. The van der Waals surface area contributed by atoms with Gasteiger partial charge in [-0.3, -0.25) is 14.4 Å². The lowest BCUT2D eigenvalue weighted by Crippen LogP contribution is -2.30. The highest BCUT2D eigenvalue weighted by atomic mass is 35.5. The molecule has 0 fully saturated rings. The molecule has 0 radical (unpaired) electrons. The van der Waals surface area contributed by atoms with E-state index in [-0.39, 0.29) is 16.6 Å². The largest absolute Gasteiger partial charge is 0.324 e. The number of carbonyl (C=O) groups excluding carboxylic acids is 3. The summed E-state index contributed by atoms with van der Waals surface area (Å²) < 4.78 is 0. The second-order valence-electron chi connectivity index (χ2n) is 9.13. The van der Waals surface area contributed by atoms with Gasteiger partial charge in [0.1, 0.15) is 5.70 Å². The van der Waals surface area contributed by atoms with Gasteiger partial charge in [-0.25, -0.2) is 0 Å². The predicted molar refractivity (Wildman–Crippen MR) is 178 cm³/mol. The van der Waals surface area contributed by atoms with E-state index in [0.717, 1.165) is 4.90 Å². The Balaban J connectivity index is 1.53. The smallest absolute Gasteiger partial charge is 0.272 e. The summed E-state index contributed by atoms with van der Waals surface area (Å²) in [6.07, 6.45) is 1.99. The number of amides is 3. The van der Waals surface area contributed by atoms with Crippen LogP contribution in [-0.4, -0.2) is 23.0 Å². The summed E-state index contributed by atoms with van der Waals surface area (Å²) in [5.74, 6) is -1.29. The summed E-state index contributed by atoms with van der Waals surface area (Å²) in [6, 6.07) is 25.4. The highest BCUT2D eigenvalue weighted by Crippen LogP contribution is 2.31. The molecule has 3 amide bonds. The molecule has 0 aliphatic rings. The summed E-state index contributed by atoms with van der Waals surface area (Å²) >= 11 is 26.1. The van der Waals surface area contributed by atoms with Crippen LogP contribution in [0.5, 0.6) is 0 Å². The molecule has 4 rings (SSSR count). The lowest BCUT2D eigenvalue weighted by molar-refractivity contribution is -0.116. The normalized spacial score (nSPS) is 11.9. The summed E-state index contributed by atoms with van der Waals surface area (Å²) in [6.45, 7) is 1.90. The molecule has 0 aromatic heterocycles. The van der Waals surface area contributed by atoms with E-state index in [1.54, 1.807) is 84.9 Å². The van der Waals surface area contributed by atoms with Crippen molar-refractivity contribution in [3.63, 3.8) is 0 Å². The van der Waals surface area contributed by atoms with Crippen LogP contribution in [0.25, 0.3) is 6.08 Å². The van der Waals surface area contributed by atoms with Crippen molar-refractivity contribution in [3.8, 4) is 0 Å². The van der Waals surface area contributed by atoms with Crippen LogP contribution in [0.15, 0.2) is 102 Å². The number of benzene rings is 4. The number of hydrogen-bond acceptors (Lipinski definition) is 4. The average Bonchev–Trinajstić information content (AvgIpc) is 3.00. The van der Waals surface area contributed by atoms with Crippen LogP contribution < -0.4 is 16.0 Å². The fraction of sp³-hybridized carbons (Fsp3) is 0.0938. The van der Waals surface area contributed by atoms with E-state index in [2.05, 4.69) is 16.0 Å². The number of rotatable bonds is 10. The van der Waals surface area contributed by atoms with E-state index in [1.807, 2.05) is 13.0 Å². The summed E-state index contributed by atoms with van der Waals surface area (Å²) in [5, 5.41) is 9.27. The molecule has 4 aromatic rings. The Morgan fingerprint density at radius 3 is 2.30 bits per heavy atom. The molecular formula is C32H25Cl4N3O3S. The molecule has 43 heavy (non-hydrogen) atoms. The van der Waals surface area contributed by atoms with E-state index < -0.39 is 17.1 Å². The van der Waals surface area contributed by atoms with Gasteiger partial charge in [-0.15, -0.1) is 11.8 Å². The van der Waals surface area contributed by atoms with E-state index in [0.29, 0.717) is 44.0 Å². The van der Waals surface area contributed by atoms with Gasteiger partial charge in [-0.05, 0) is 72.7 Å². The van der Waals surface area contributed by atoms with Crippen molar-refractivity contribution in [2.24, 2.45) is 0 Å². The van der Waals surface area contributed by atoms with Crippen molar-refractivity contribution < 1.29 is 14.4 Å². The van der Waals surface area contributed by atoms with Crippen molar-refractivity contribution in [2.45, 2.75) is 23.5 Å². The zero-order chi connectivity index (χ0) is 30.9. The molecule has 0 heterocycles. The topological polar surface area (TPSA) is 87.3 Å². The molecule has 1 atom stereocenters. The number of thioether (sulfide) groups is 1. The second-order valence-corrected chi connectivity index (χ2v) is 12.0. The molecule has 0 bridgehead atoms. The first-order chi connectivity index (χ1) is 20.6. The average molecular weight is 673 g/mol. The molecule has 4 aromatic carbocycles. The molecule has 220 valence electrons. The molecular weight excluding hydrogens is 648 g/mol. The Morgan fingerprint density at radius 1 is 0.814 bits per heavy atom. The van der Waals surface area contributed by atoms with Crippen molar-refractivity contribution in [2.75, 3.05) is 10.6 Å². The van der Waals surface area contributed by atoms with E-state index in [1.165, 1.54) is 17.8 Å². The molecule has 6 nitrogen and oxygen atoms in total. The highest BCUT2D eigenvalue weighted by Gasteiger charge is 2.20. The van der Waals surface area contributed by atoms with Crippen LogP contribution in [0.1, 0.15) is 29.3 Å². The van der Waals surface area contributed by atoms with Gasteiger partial charge in [-0.1, -0.05) is 89.7 Å². The van der Waals surface area contributed by atoms with Gasteiger partial charge in [0.2, 0.25) is 5.91 Å². The van der Waals surface area contributed by atoms with Gasteiger partial charge in [0, 0.05) is 21.2 Å². The third kappa shape index (κ3) is 9.02. The highest BCUT2D eigenvalue weighted by molar-refractivity contribution is 8.00. The summed E-state index contributed by atoms with van der Waals surface area (Å²) in [4.78, 5) is 40.2. The monoisotopic (exact) mass is 671 g/mol. The van der Waals surface area contributed by atoms with Gasteiger partial charge in [0.05, 0.1) is 26.0 Å². The fourth-order valence-corrected chi connectivity index (χ4v) is 5.58. The molecule has 3 N–H and O–H groups in total. The van der Waals surface area contributed by atoms with Gasteiger partial charge < -0.3 is 16.0 Å². The maximum atomic E-state index is 13.5. The molecule has 0 saturated carbocycles. The lowest BCUT2D eigenvalue weighted by Gasteiger charge is -2.16. The third-order valence-electron chi connectivity index (χ3n) is 6.03. The zero-order valence-corrected chi connectivity index (χ0v) is 26.5. The number of anilines is 2. The van der Waals surface area contributed by atoms with Crippen molar-refractivity contribution in [3.05, 3.63) is 128 Å². The first-order valence-electron chi connectivity index (χ1n) is 13.0. The molecule has 0 aliphatic heterocycles. The fourth-order valence-electron chi connectivity index (χ4n) is 3.87. The van der Waals surface area contributed by atoms with Crippen molar-refractivity contribution in [1.29, 1.82) is 0 Å². The second kappa shape index (κ2) is 15.3. The zero-order valence-electron chi connectivity index (χ0n) is 22.7. The Labute approximate surface area is 273 Å². The standard InChI is InChI=1S/C32H25Cl4N3O3S/c1-2-28(32(42)38-26-17-21(33)14-15-24(26)34)43-23-12-7-11-22(18-23)37-31(41)27(16-20-10-6-13-25(35)29(20)36)39-30(40)19-8-4-3-5-9-19/h3-18,28H,2H2,1H3,(H,37,41)(H,38,42)(H,39,40)/b27-16+. The minimum atomic E-state index is -0.581. The predicted octanol–water partition coefficient (Wildman–Crippen LogP) is 9.22. The van der Waals surface area contributed by atoms with Crippen LogP contribution in [0.4, 0.5) is 11.4 Å². The number of nitrogens with one attached hydrogen (secondary N) is 3. The van der Waals surface area contributed by atoms with E-state index in [9.17, 15) is 14.4 Å². The summed E-state index contributed by atoms with van der Waals surface area (Å²) in [7, 11) is 0. The Morgan fingerprint density at radius 2 is 1.56 bits per heavy atom. The Bertz CT molecular complexity index is 1680. The number of hydrogen-bond donors (Lipinski definition) is 3. The Kier molecular flexibility index (Phi) is 11.6. The van der Waals surface area contributed by atoms with Crippen LogP contribution in [0.2, 0.25) is 20.1 Å².